The summed E-state index contributed by atoms with van der Waals surface area (Å²) in [7, 11) is 1.40. The maximum Gasteiger partial charge on any atom is 0.331 e. The molecule has 1 aliphatic rings. The highest BCUT2D eigenvalue weighted by Crippen LogP contribution is 2.35. The molecular formula is C19H22ClN7O3. The van der Waals surface area contributed by atoms with Gasteiger partial charge in [0.15, 0.2) is 23.1 Å². The molecule has 0 amide bonds. The van der Waals surface area contributed by atoms with E-state index in [0.717, 1.165) is 25.7 Å². The predicted molar refractivity (Wildman–Crippen MR) is 111 cm³/mol. The van der Waals surface area contributed by atoms with E-state index in [1.54, 1.807) is 29.3 Å². The minimum atomic E-state index is -0.542. The van der Waals surface area contributed by atoms with Crippen LogP contribution in [0.25, 0.3) is 28.3 Å². The zero-order chi connectivity index (χ0) is 20.0. The van der Waals surface area contributed by atoms with Gasteiger partial charge in [0.1, 0.15) is 0 Å². The van der Waals surface area contributed by atoms with Crippen molar-refractivity contribution in [1.82, 2.24) is 29.4 Å². The Bertz CT molecular complexity index is 1180. The summed E-state index contributed by atoms with van der Waals surface area (Å²) in [5, 5.41) is 9.55. The van der Waals surface area contributed by atoms with Gasteiger partial charge in [0.25, 0.3) is 0 Å². The highest BCUT2D eigenvalue weighted by Gasteiger charge is 2.34. The first-order valence-electron chi connectivity index (χ1n) is 9.68. The van der Waals surface area contributed by atoms with Crippen molar-refractivity contribution in [3.05, 3.63) is 24.6 Å². The van der Waals surface area contributed by atoms with E-state index in [1.807, 2.05) is 0 Å². The Morgan fingerprint density at radius 3 is 2.77 bits per heavy atom. The quantitative estimate of drug-likeness (QED) is 0.488. The molecule has 0 aromatic carbocycles. The maximum absolute atomic E-state index is 12.7. The van der Waals surface area contributed by atoms with E-state index in [-0.39, 0.29) is 30.2 Å². The number of hydrogen-bond donors (Lipinski definition) is 1. The Hall–Kier alpha value is -3.14. The van der Waals surface area contributed by atoms with Gasteiger partial charge in [0.05, 0.1) is 25.0 Å². The summed E-state index contributed by atoms with van der Waals surface area (Å²) < 4.78 is 13.6. The Kier molecular flexibility index (Phi) is 5.33. The van der Waals surface area contributed by atoms with Gasteiger partial charge in [-0.3, -0.25) is 0 Å². The lowest BCUT2D eigenvalue weighted by atomic mass is 9.84. The fourth-order valence-corrected chi connectivity index (χ4v) is 4.20. The Morgan fingerprint density at radius 2 is 2.07 bits per heavy atom. The number of halogens is 1. The second-order valence-corrected chi connectivity index (χ2v) is 7.31. The van der Waals surface area contributed by atoms with Gasteiger partial charge in [0, 0.05) is 0 Å². The third-order valence-corrected chi connectivity index (χ3v) is 5.60. The van der Waals surface area contributed by atoms with Crippen molar-refractivity contribution in [2.75, 3.05) is 12.8 Å². The van der Waals surface area contributed by atoms with Crippen LogP contribution >= 0.6 is 12.4 Å². The lowest BCUT2D eigenvalue weighted by molar-refractivity contribution is -0.147. The van der Waals surface area contributed by atoms with Crippen molar-refractivity contribution < 1.29 is 13.9 Å². The molecule has 0 aliphatic heterocycles. The molecule has 1 fully saturated rings. The van der Waals surface area contributed by atoms with E-state index in [2.05, 4.69) is 20.2 Å². The number of aromatic nitrogens is 6. The number of methoxy groups -OCH3 is 1. The molecule has 4 aromatic heterocycles. The second kappa shape index (κ2) is 7.94. The zero-order valence-corrected chi connectivity index (χ0v) is 17.2. The van der Waals surface area contributed by atoms with Crippen LogP contribution < -0.4 is 5.73 Å². The fraction of sp³-hybridized carbons (Fsp3) is 0.421. The number of carbonyl (C=O) groups is 1. The number of fused-ring (bicyclic) bond motifs is 3. The summed E-state index contributed by atoms with van der Waals surface area (Å²) in [5.74, 6) is 0.922. The van der Waals surface area contributed by atoms with Crippen LogP contribution in [-0.2, 0) is 9.53 Å². The molecule has 10 nitrogen and oxygen atoms in total. The highest BCUT2D eigenvalue weighted by molar-refractivity contribution is 5.91. The van der Waals surface area contributed by atoms with E-state index in [1.165, 1.54) is 18.0 Å². The monoisotopic (exact) mass is 431 g/mol. The average molecular weight is 432 g/mol. The molecule has 1 atom stereocenters. The van der Waals surface area contributed by atoms with Gasteiger partial charge >= 0.3 is 5.97 Å². The Morgan fingerprint density at radius 1 is 1.27 bits per heavy atom. The summed E-state index contributed by atoms with van der Waals surface area (Å²) in [4.78, 5) is 21.7. The second-order valence-electron chi connectivity index (χ2n) is 7.31. The van der Waals surface area contributed by atoms with Crippen LogP contribution in [0.15, 0.2) is 29.0 Å². The standard InChI is InChI=1S/C19H21N7O3.ClH/c1-28-18(27)14(11-6-3-2-4-7-11)25-17-12(10-21-25)16-22-15(13-8-5-9-29-13)24-26(16)19(20)23-17;/h5,8-11,14H,2-4,6-7H2,1H3,(H2,20,23);1H. The van der Waals surface area contributed by atoms with Crippen LogP contribution in [0.3, 0.4) is 0 Å². The molecule has 0 radical (unpaired) electrons. The van der Waals surface area contributed by atoms with E-state index < -0.39 is 6.04 Å². The molecule has 1 aliphatic carbocycles. The minimum absolute atomic E-state index is 0. The van der Waals surface area contributed by atoms with Crippen LogP contribution in [0.1, 0.15) is 38.1 Å². The van der Waals surface area contributed by atoms with Gasteiger partial charge < -0.3 is 14.9 Å². The maximum atomic E-state index is 12.7. The number of nitrogens with zero attached hydrogens (tertiary/aromatic N) is 6. The van der Waals surface area contributed by atoms with Gasteiger partial charge in [-0.2, -0.15) is 14.6 Å². The van der Waals surface area contributed by atoms with Crippen molar-refractivity contribution in [2.45, 2.75) is 38.1 Å². The van der Waals surface area contributed by atoms with E-state index in [0.29, 0.717) is 28.3 Å². The van der Waals surface area contributed by atoms with Gasteiger partial charge in [-0.15, -0.1) is 17.5 Å². The number of rotatable bonds is 4. The van der Waals surface area contributed by atoms with Crippen molar-refractivity contribution in [3.63, 3.8) is 0 Å². The number of nitrogen functional groups attached to an aromatic ring is 1. The molecule has 0 bridgehead atoms. The lowest BCUT2D eigenvalue weighted by Gasteiger charge is -2.28. The molecule has 0 spiro atoms. The first-order chi connectivity index (χ1) is 14.2. The van der Waals surface area contributed by atoms with Crippen LogP contribution in [0, 0.1) is 5.92 Å². The number of hydrogen-bond acceptors (Lipinski definition) is 8. The summed E-state index contributed by atoms with van der Waals surface area (Å²) in [6, 6.07) is 3.00. The molecule has 30 heavy (non-hydrogen) atoms. The van der Waals surface area contributed by atoms with Gasteiger partial charge in [-0.05, 0) is 30.9 Å². The molecule has 2 N–H and O–H groups in total. The van der Waals surface area contributed by atoms with Crippen LogP contribution in [0.4, 0.5) is 5.95 Å². The normalized spacial score (nSPS) is 15.9. The minimum Gasteiger partial charge on any atom is -0.467 e. The average Bonchev–Trinajstić information content (AvgIpc) is 3.48. The van der Waals surface area contributed by atoms with Crippen LogP contribution in [-0.4, -0.2) is 42.4 Å². The molecular weight excluding hydrogens is 410 g/mol. The topological polar surface area (TPSA) is 126 Å². The fourth-order valence-electron chi connectivity index (χ4n) is 4.20. The first-order valence-corrected chi connectivity index (χ1v) is 9.68. The summed E-state index contributed by atoms with van der Waals surface area (Å²) >= 11 is 0. The smallest absolute Gasteiger partial charge is 0.331 e. The summed E-state index contributed by atoms with van der Waals surface area (Å²) in [5.41, 5.74) is 7.17. The predicted octanol–water partition coefficient (Wildman–Crippen LogP) is 3.03. The van der Waals surface area contributed by atoms with Crippen LogP contribution in [0.2, 0.25) is 0 Å². The number of ether oxygens (including phenoxy) is 1. The molecule has 5 rings (SSSR count). The third kappa shape index (κ3) is 3.17. The van der Waals surface area contributed by atoms with Gasteiger partial charge in [0.2, 0.25) is 11.8 Å². The lowest BCUT2D eigenvalue weighted by Crippen LogP contribution is -2.31. The van der Waals surface area contributed by atoms with Gasteiger partial charge in [-0.1, -0.05) is 19.3 Å². The van der Waals surface area contributed by atoms with E-state index >= 15 is 0 Å². The first kappa shape index (κ1) is 20.1. The van der Waals surface area contributed by atoms with Crippen molar-refractivity contribution in [2.24, 2.45) is 5.92 Å². The van der Waals surface area contributed by atoms with Crippen LogP contribution in [0.5, 0.6) is 0 Å². The molecule has 4 heterocycles. The Labute approximate surface area is 177 Å². The number of esters is 1. The highest BCUT2D eigenvalue weighted by atomic mass is 35.5. The summed E-state index contributed by atoms with van der Waals surface area (Å²) in [6.45, 7) is 0. The molecule has 0 saturated heterocycles. The SMILES string of the molecule is COC(=O)C(C1CCCCC1)n1ncc2c1nc(N)n1nc(-c3ccco3)nc21.Cl. The Balaban J connectivity index is 0.00000218. The third-order valence-electron chi connectivity index (χ3n) is 5.60. The number of nitrogens with two attached hydrogens (primary N) is 1. The molecule has 1 saturated carbocycles. The number of carbonyl (C=O) groups excluding carboxylic acids is 1. The number of furan rings is 1. The molecule has 11 heteroatoms. The summed E-state index contributed by atoms with van der Waals surface area (Å²) in [6.07, 6.45) is 8.48. The largest absolute Gasteiger partial charge is 0.467 e. The van der Waals surface area contributed by atoms with Gasteiger partial charge in [-0.25, -0.2) is 14.5 Å². The van der Waals surface area contributed by atoms with E-state index in [9.17, 15) is 4.79 Å². The molecule has 158 valence electrons. The zero-order valence-electron chi connectivity index (χ0n) is 16.4. The van der Waals surface area contributed by atoms with Crippen molar-refractivity contribution >= 4 is 41.0 Å². The molecule has 1 unspecified atom stereocenters. The van der Waals surface area contributed by atoms with Crippen molar-refractivity contribution in [3.8, 4) is 11.6 Å². The number of anilines is 1. The molecule has 4 aromatic rings. The van der Waals surface area contributed by atoms with E-state index in [4.69, 9.17) is 14.9 Å². The van der Waals surface area contributed by atoms with Crippen molar-refractivity contribution in [1.29, 1.82) is 0 Å².